The van der Waals surface area contributed by atoms with E-state index in [1.54, 1.807) is 42.7 Å². The van der Waals surface area contributed by atoms with E-state index < -0.39 is 23.7 Å². The summed E-state index contributed by atoms with van der Waals surface area (Å²) >= 11 is 5.99. The molecule has 0 unspecified atom stereocenters. The van der Waals surface area contributed by atoms with E-state index in [1.165, 1.54) is 23.0 Å². The highest BCUT2D eigenvalue weighted by Gasteiger charge is 2.31. The SMILES string of the molecule is NC(=O)[C@H](c1ccc(C(F)(F)F)cc1)n1cc(-c2ccnc(N)c2-c2ccc(Cl)cc2)cn1. The molecule has 10 heteroatoms. The average molecular weight is 472 g/mol. The van der Waals surface area contributed by atoms with Gasteiger partial charge in [-0.25, -0.2) is 4.98 Å². The molecule has 4 N–H and O–H groups in total. The Balaban J connectivity index is 1.75. The van der Waals surface area contributed by atoms with Crippen molar-refractivity contribution in [2.75, 3.05) is 5.73 Å². The molecule has 0 aliphatic carbocycles. The number of rotatable bonds is 5. The van der Waals surface area contributed by atoms with Gasteiger partial charge in [-0.1, -0.05) is 35.9 Å². The van der Waals surface area contributed by atoms with E-state index in [1.807, 2.05) is 0 Å². The van der Waals surface area contributed by atoms with Crippen molar-refractivity contribution < 1.29 is 18.0 Å². The number of carbonyl (C=O) groups excluding carboxylic acids is 1. The Morgan fingerprint density at radius 3 is 2.27 bits per heavy atom. The van der Waals surface area contributed by atoms with Crippen LogP contribution in [0.3, 0.4) is 0 Å². The fourth-order valence-electron chi connectivity index (χ4n) is 3.56. The summed E-state index contributed by atoms with van der Waals surface area (Å²) < 4.78 is 40.0. The van der Waals surface area contributed by atoms with Crippen molar-refractivity contribution >= 4 is 23.3 Å². The van der Waals surface area contributed by atoms with E-state index in [2.05, 4.69) is 10.1 Å². The van der Waals surface area contributed by atoms with Gasteiger partial charge in [0.1, 0.15) is 5.82 Å². The summed E-state index contributed by atoms with van der Waals surface area (Å²) in [6.45, 7) is 0. The lowest BCUT2D eigenvalue weighted by Gasteiger charge is -2.16. The highest BCUT2D eigenvalue weighted by atomic mass is 35.5. The van der Waals surface area contributed by atoms with Crippen molar-refractivity contribution in [1.82, 2.24) is 14.8 Å². The normalized spacial score (nSPS) is 12.5. The van der Waals surface area contributed by atoms with Gasteiger partial charge in [0.2, 0.25) is 5.91 Å². The van der Waals surface area contributed by atoms with Gasteiger partial charge in [0.05, 0.1) is 11.8 Å². The third kappa shape index (κ3) is 4.54. The third-order valence-electron chi connectivity index (χ3n) is 5.11. The highest BCUT2D eigenvalue weighted by molar-refractivity contribution is 6.30. The lowest BCUT2D eigenvalue weighted by Crippen LogP contribution is -2.28. The van der Waals surface area contributed by atoms with Crippen LogP contribution in [0.15, 0.2) is 73.2 Å². The molecule has 0 fully saturated rings. The van der Waals surface area contributed by atoms with Crippen LogP contribution in [-0.2, 0) is 11.0 Å². The largest absolute Gasteiger partial charge is 0.416 e. The fourth-order valence-corrected chi connectivity index (χ4v) is 3.68. The number of nitrogens with zero attached hydrogens (tertiary/aromatic N) is 3. The molecule has 6 nitrogen and oxygen atoms in total. The first-order valence-corrected chi connectivity index (χ1v) is 10.0. The summed E-state index contributed by atoms with van der Waals surface area (Å²) in [7, 11) is 0. The molecule has 0 aliphatic rings. The predicted octanol–water partition coefficient (Wildman–Crippen LogP) is 4.94. The first-order chi connectivity index (χ1) is 15.6. The monoisotopic (exact) mass is 471 g/mol. The van der Waals surface area contributed by atoms with Crippen LogP contribution in [0.25, 0.3) is 22.3 Å². The molecule has 2 heterocycles. The molecule has 168 valence electrons. The summed E-state index contributed by atoms with van der Waals surface area (Å²) in [5, 5.41) is 4.82. The van der Waals surface area contributed by atoms with Crippen LogP contribution in [0.2, 0.25) is 5.02 Å². The predicted molar refractivity (Wildman–Crippen MR) is 119 cm³/mol. The zero-order chi connectivity index (χ0) is 23.8. The number of anilines is 1. The molecule has 0 aliphatic heterocycles. The lowest BCUT2D eigenvalue weighted by atomic mass is 9.97. The summed E-state index contributed by atoms with van der Waals surface area (Å²) in [6, 6.07) is 11.9. The number of amides is 1. The number of pyridine rings is 1. The number of carbonyl (C=O) groups is 1. The number of hydrogen-bond acceptors (Lipinski definition) is 4. The molecule has 2 aromatic carbocycles. The van der Waals surface area contributed by atoms with Crippen LogP contribution in [0, 0.1) is 0 Å². The number of nitrogens with two attached hydrogens (primary N) is 2. The van der Waals surface area contributed by atoms with Crippen LogP contribution in [0.4, 0.5) is 19.0 Å². The summed E-state index contributed by atoms with van der Waals surface area (Å²) in [5.41, 5.74) is 13.9. The van der Waals surface area contributed by atoms with Gasteiger partial charge in [-0.05, 0) is 47.0 Å². The fraction of sp³-hybridized carbons (Fsp3) is 0.0870. The molecular weight excluding hydrogens is 455 g/mol. The van der Waals surface area contributed by atoms with Gasteiger partial charge >= 0.3 is 6.18 Å². The Morgan fingerprint density at radius 1 is 1.00 bits per heavy atom. The van der Waals surface area contributed by atoms with Crippen molar-refractivity contribution in [3.8, 4) is 22.3 Å². The molecule has 0 saturated heterocycles. The van der Waals surface area contributed by atoms with Gasteiger partial charge < -0.3 is 11.5 Å². The minimum atomic E-state index is -4.49. The van der Waals surface area contributed by atoms with E-state index in [0.29, 0.717) is 21.7 Å². The van der Waals surface area contributed by atoms with E-state index in [-0.39, 0.29) is 11.4 Å². The maximum Gasteiger partial charge on any atom is 0.416 e. The third-order valence-corrected chi connectivity index (χ3v) is 5.37. The molecule has 0 spiro atoms. The number of aromatic nitrogens is 3. The zero-order valence-electron chi connectivity index (χ0n) is 16.9. The van der Waals surface area contributed by atoms with E-state index in [9.17, 15) is 18.0 Å². The molecule has 33 heavy (non-hydrogen) atoms. The first-order valence-electron chi connectivity index (χ1n) is 9.66. The number of nitrogen functional groups attached to an aromatic ring is 1. The topological polar surface area (TPSA) is 99.8 Å². The van der Waals surface area contributed by atoms with Gasteiger partial charge in [0.15, 0.2) is 6.04 Å². The Kier molecular flexibility index (Phi) is 5.82. The van der Waals surface area contributed by atoms with Crippen molar-refractivity contribution in [3.05, 3.63) is 89.3 Å². The molecule has 0 saturated carbocycles. The smallest absolute Gasteiger partial charge is 0.383 e. The van der Waals surface area contributed by atoms with Crippen LogP contribution >= 0.6 is 11.6 Å². The van der Waals surface area contributed by atoms with Crippen LogP contribution in [-0.4, -0.2) is 20.7 Å². The second-order valence-electron chi connectivity index (χ2n) is 7.26. The molecule has 4 rings (SSSR count). The minimum absolute atomic E-state index is 0.275. The second kappa shape index (κ2) is 8.59. The van der Waals surface area contributed by atoms with Crippen molar-refractivity contribution in [2.45, 2.75) is 12.2 Å². The average Bonchev–Trinajstić information content (AvgIpc) is 3.23. The minimum Gasteiger partial charge on any atom is -0.383 e. The standard InChI is InChI=1S/C23H17ClF3N5O/c24-17-7-3-13(4-8-17)19-18(9-10-30-21(19)28)15-11-31-32(12-15)20(22(29)33)14-1-5-16(6-2-14)23(25,26)27/h1-12,20H,(H2,28,30)(H2,29,33)/t20-/m0/s1. The summed E-state index contributed by atoms with van der Waals surface area (Å²) in [5.74, 6) is -0.478. The van der Waals surface area contributed by atoms with Gasteiger partial charge in [-0.15, -0.1) is 0 Å². The van der Waals surface area contributed by atoms with Gasteiger partial charge in [0, 0.05) is 28.5 Å². The van der Waals surface area contributed by atoms with Crippen LogP contribution in [0.5, 0.6) is 0 Å². The molecule has 0 radical (unpaired) electrons. The molecule has 1 amide bonds. The molecule has 1 atom stereocenters. The highest BCUT2D eigenvalue weighted by Crippen LogP contribution is 2.36. The quantitative estimate of drug-likeness (QED) is 0.430. The summed E-state index contributed by atoms with van der Waals surface area (Å²) in [4.78, 5) is 16.4. The lowest BCUT2D eigenvalue weighted by molar-refractivity contribution is -0.137. The van der Waals surface area contributed by atoms with Crippen LogP contribution < -0.4 is 11.5 Å². The molecule has 0 bridgehead atoms. The molecule has 4 aromatic rings. The Morgan fingerprint density at radius 2 is 1.67 bits per heavy atom. The first kappa shape index (κ1) is 22.3. The number of halogens is 4. The number of hydrogen-bond donors (Lipinski definition) is 2. The van der Waals surface area contributed by atoms with E-state index in [0.717, 1.165) is 17.7 Å². The van der Waals surface area contributed by atoms with E-state index >= 15 is 0 Å². The van der Waals surface area contributed by atoms with Crippen molar-refractivity contribution in [1.29, 1.82) is 0 Å². The maximum absolute atomic E-state index is 12.9. The Hall–Kier alpha value is -3.85. The molecular formula is C23H17ClF3N5O. The summed E-state index contributed by atoms with van der Waals surface area (Å²) in [6.07, 6.45) is 0.164. The Labute approximate surface area is 191 Å². The maximum atomic E-state index is 12.9. The second-order valence-corrected chi connectivity index (χ2v) is 7.70. The van der Waals surface area contributed by atoms with E-state index in [4.69, 9.17) is 23.1 Å². The zero-order valence-corrected chi connectivity index (χ0v) is 17.7. The number of alkyl halides is 3. The van der Waals surface area contributed by atoms with Gasteiger partial charge in [-0.3, -0.25) is 9.48 Å². The Bertz CT molecular complexity index is 1300. The van der Waals surface area contributed by atoms with Crippen molar-refractivity contribution in [2.24, 2.45) is 5.73 Å². The number of primary amides is 1. The number of benzene rings is 2. The van der Waals surface area contributed by atoms with Gasteiger partial charge in [0.25, 0.3) is 0 Å². The van der Waals surface area contributed by atoms with Gasteiger partial charge in [-0.2, -0.15) is 18.3 Å². The molecule has 2 aromatic heterocycles. The van der Waals surface area contributed by atoms with Crippen molar-refractivity contribution in [3.63, 3.8) is 0 Å². The van der Waals surface area contributed by atoms with Crippen LogP contribution in [0.1, 0.15) is 17.2 Å².